The minimum Gasteiger partial charge on any atom is -0.369 e. The molecule has 1 aliphatic carbocycles. The smallest absolute Gasteiger partial charge is 0.221 e. The molecule has 1 fully saturated rings. The number of hydrogen-bond donors (Lipinski definition) is 1. The lowest BCUT2D eigenvalue weighted by Crippen LogP contribution is -2.16. The van der Waals surface area contributed by atoms with E-state index in [0.717, 1.165) is 36.0 Å². The maximum atomic E-state index is 13.4. The van der Waals surface area contributed by atoms with Crippen LogP contribution in [0.4, 0.5) is 4.39 Å². The molecule has 1 aromatic carbocycles. The highest BCUT2D eigenvalue weighted by Crippen LogP contribution is 2.42. The highest BCUT2D eigenvalue weighted by molar-refractivity contribution is 5.77. The third-order valence-electron chi connectivity index (χ3n) is 3.09. The molecule has 1 aliphatic rings. The Hall–Kier alpha value is -1.38. The predicted molar refractivity (Wildman–Crippen MR) is 60.7 cm³/mol. The zero-order chi connectivity index (χ0) is 11.7. The average Bonchev–Trinajstić information content (AvgIpc) is 3.02. The summed E-state index contributed by atoms with van der Waals surface area (Å²) in [7, 11) is 0. The normalized spacial score (nSPS) is 15.1. The molecule has 2 rings (SSSR count). The molecule has 0 aliphatic heterocycles. The number of hydrogen-bond acceptors (Lipinski definition) is 1. The lowest BCUT2D eigenvalue weighted by Gasteiger charge is -2.12. The molecule has 1 amide bonds. The number of carbonyl (C=O) groups excluding carboxylic acids is 1. The summed E-state index contributed by atoms with van der Waals surface area (Å²) in [6.07, 6.45) is 3.16. The van der Waals surface area contributed by atoms with Gasteiger partial charge in [0.25, 0.3) is 0 Å². The first-order valence-electron chi connectivity index (χ1n) is 5.71. The second-order valence-electron chi connectivity index (χ2n) is 4.40. The van der Waals surface area contributed by atoms with Gasteiger partial charge in [0.15, 0.2) is 0 Å². The molecule has 1 saturated carbocycles. The van der Waals surface area contributed by atoms with Crippen LogP contribution in [0, 0.1) is 5.82 Å². The Kier molecular flexibility index (Phi) is 2.95. The van der Waals surface area contributed by atoms with Gasteiger partial charge < -0.3 is 5.73 Å². The molecule has 3 heteroatoms. The highest BCUT2D eigenvalue weighted by atomic mass is 19.1. The summed E-state index contributed by atoms with van der Waals surface area (Å²) in [5, 5.41) is 0. The van der Waals surface area contributed by atoms with Crippen LogP contribution in [0.2, 0.25) is 0 Å². The Bertz CT molecular complexity index is 424. The fourth-order valence-corrected chi connectivity index (χ4v) is 2.18. The lowest BCUT2D eigenvalue weighted by molar-refractivity contribution is -0.117. The third kappa shape index (κ3) is 2.23. The van der Waals surface area contributed by atoms with Crippen LogP contribution in [0.1, 0.15) is 42.4 Å². The number of nitrogens with two attached hydrogens (primary N) is 1. The van der Waals surface area contributed by atoms with Crippen molar-refractivity contribution in [2.24, 2.45) is 5.73 Å². The molecule has 0 unspecified atom stereocenters. The average molecular weight is 221 g/mol. The summed E-state index contributed by atoms with van der Waals surface area (Å²) in [4.78, 5) is 11.0. The minimum absolute atomic E-state index is 0.202. The molecule has 0 atom stereocenters. The van der Waals surface area contributed by atoms with E-state index < -0.39 is 0 Å². The molecule has 0 heterocycles. The van der Waals surface area contributed by atoms with Gasteiger partial charge in [0, 0.05) is 0 Å². The van der Waals surface area contributed by atoms with E-state index in [0.29, 0.717) is 5.92 Å². The van der Waals surface area contributed by atoms with Crippen molar-refractivity contribution in [3.63, 3.8) is 0 Å². The van der Waals surface area contributed by atoms with Crippen LogP contribution >= 0.6 is 0 Å². The van der Waals surface area contributed by atoms with Crippen LogP contribution in [0.25, 0.3) is 0 Å². The maximum Gasteiger partial charge on any atom is 0.221 e. The van der Waals surface area contributed by atoms with Crippen LogP contribution < -0.4 is 5.73 Å². The Balaban J connectivity index is 2.46. The standard InChI is InChI=1S/C13H16FNO/c1-2-8-5-10(14)6-11(9-3-4-9)12(8)7-13(15)16/h5-6,9H,2-4,7H2,1H3,(H2,15,16). The van der Waals surface area contributed by atoms with Gasteiger partial charge in [0.05, 0.1) is 6.42 Å². The number of amides is 1. The van der Waals surface area contributed by atoms with Gasteiger partial charge >= 0.3 is 0 Å². The van der Waals surface area contributed by atoms with Crippen molar-refractivity contribution < 1.29 is 9.18 Å². The number of carbonyl (C=O) groups is 1. The lowest BCUT2D eigenvalue weighted by atomic mass is 9.93. The first-order valence-corrected chi connectivity index (χ1v) is 5.71. The molecule has 0 saturated heterocycles. The second kappa shape index (κ2) is 4.24. The summed E-state index contributed by atoms with van der Waals surface area (Å²) in [5.41, 5.74) is 8.11. The van der Waals surface area contributed by atoms with Gasteiger partial charge in [-0.2, -0.15) is 0 Å². The van der Waals surface area contributed by atoms with Crippen LogP contribution in [-0.2, 0) is 17.6 Å². The van der Waals surface area contributed by atoms with E-state index in [2.05, 4.69) is 0 Å². The molecule has 0 spiro atoms. The van der Waals surface area contributed by atoms with E-state index in [1.807, 2.05) is 6.92 Å². The van der Waals surface area contributed by atoms with E-state index in [9.17, 15) is 9.18 Å². The van der Waals surface area contributed by atoms with Crippen molar-refractivity contribution in [1.82, 2.24) is 0 Å². The van der Waals surface area contributed by atoms with Crippen LogP contribution in [-0.4, -0.2) is 5.91 Å². The summed E-state index contributed by atoms with van der Waals surface area (Å²) >= 11 is 0. The van der Waals surface area contributed by atoms with Crippen molar-refractivity contribution in [2.45, 2.75) is 38.5 Å². The fourth-order valence-electron chi connectivity index (χ4n) is 2.18. The van der Waals surface area contributed by atoms with Gasteiger partial charge in [-0.1, -0.05) is 6.92 Å². The minimum atomic E-state index is -0.344. The first kappa shape index (κ1) is 11.1. The van der Waals surface area contributed by atoms with Gasteiger partial charge in [-0.3, -0.25) is 4.79 Å². The third-order valence-corrected chi connectivity index (χ3v) is 3.09. The summed E-state index contributed by atoms with van der Waals surface area (Å²) in [6, 6.07) is 3.08. The van der Waals surface area contributed by atoms with Crippen molar-refractivity contribution >= 4 is 5.91 Å². The highest BCUT2D eigenvalue weighted by Gasteiger charge is 2.28. The van der Waals surface area contributed by atoms with Crippen molar-refractivity contribution in [3.05, 3.63) is 34.6 Å². The molecule has 16 heavy (non-hydrogen) atoms. The van der Waals surface area contributed by atoms with Gasteiger partial charge in [-0.25, -0.2) is 4.39 Å². The van der Waals surface area contributed by atoms with Crippen LogP contribution in [0.5, 0.6) is 0 Å². The molecular formula is C13H16FNO. The second-order valence-corrected chi connectivity index (χ2v) is 4.40. The Labute approximate surface area is 94.6 Å². The van der Waals surface area contributed by atoms with Gasteiger partial charge in [-0.15, -0.1) is 0 Å². The number of benzene rings is 1. The predicted octanol–water partition coefficient (Wildman–Crippen LogP) is 2.29. The molecule has 0 aromatic heterocycles. The van der Waals surface area contributed by atoms with E-state index in [4.69, 9.17) is 5.73 Å². The quantitative estimate of drug-likeness (QED) is 0.832. The Morgan fingerprint density at radius 1 is 1.50 bits per heavy atom. The molecular weight excluding hydrogens is 205 g/mol. The summed E-state index contributed by atoms with van der Waals surface area (Å²) < 4.78 is 13.4. The molecule has 0 radical (unpaired) electrons. The monoisotopic (exact) mass is 221 g/mol. The maximum absolute atomic E-state index is 13.4. The number of rotatable bonds is 4. The topological polar surface area (TPSA) is 43.1 Å². The zero-order valence-electron chi connectivity index (χ0n) is 9.42. The molecule has 0 bridgehead atoms. The van der Waals surface area contributed by atoms with Crippen molar-refractivity contribution in [2.75, 3.05) is 0 Å². The first-order chi connectivity index (χ1) is 7.61. The van der Waals surface area contributed by atoms with Crippen LogP contribution in [0.15, 0.2) is 12.1 Å². The van der Waals surface area contributed by atoms with Gasteiger partial charge in [0.1, 0.15) is 5.82 Å². The largest absolute Gasteiger partial charge is 0.369 e. The summed E-state index contributed by atoms with van der Waals surface area (Å²) in [6.45, 7) is 1.97. The molecule has 86 valence electrons. The molecule has 1 aromatic rings. The molecule has 2 nitrogen and oxygen atoms in total. The Morgan fingerprint density at radius 3 is 2.69 bits per heavy atom. The van der Waals surface area contributed by atoms with Gasteiger partial charge in [-0.05, 0) is 54.0 Å². The number of halogens is 1. The zero-order valence-corrected chi connectivity index (χ0v) is 9.42. The number of aryl methyl sites for hydroxylation is 1. The number of primary amides is 1. The fraction of sp³-hybridized carbons (Fsp3) is 0.462. The van der Waals surface area contributed by atoms with Crippen molar-refractivity contribution in [1.29, 1.82) is 0 Å². The van der Waals surface area contributed by atoms with E-state index in [1.165, 1.54) is 6.07 Å². The SMILES string of the molecule is CCc1cc(F)cc(C2CC2)c1CC(N)=O. The molecule has 2 N–H and O–H groups in total. The van der Waals surface area contributed by atoms with E-state index >= 15 is 0 Å². The Morgan fingerprint density at radius 2 is 2.19 bits per heavy atom. The summed E-state index contributed by atoms with van der Waals surface area (Å²) in [5.74, 6) is -0.106. The van der Waals surface area contributed by atoms with E-state index in [-0.39, 0.29) is 18.1 Å². The van der Waals surface area contributed by atoms with Gasteiger partial charge in [0.2, 0.25) is 5.91 Å². The van der Waals surface area contributed by atoms with E-state index in [1.54, 1.807) is 6.07 Å². The van der Waals surface area contributed by atoms with Crippen LogP contribution in [0.3, 0.4) is 0 Å². The van der Waals surface area contributed by atoms with Crippen molar-refractivity contribution in [3.8, 4) is 0 Å².